The number of carbonyl (C=O) groups is 1. The van der Waals surface area contributed by atoms with Crippen molar-refractivity contribution in [3.8, 4) is 17.2 Å². The second-order valence-electron chi connectivity index (χ2n) is 7.70. The minimum absolute atomic E-state index is 0.0997. The normalized spacial score (nSPS) is 16.5. The minimum atomic E-state index is -0.0997. The molecule has 0 N–H and O–H groups in total. The van der Waals surface area contributed by atoms with Crippen LogP contribution in [0.15, 0.2) is 60.6 Å². The monoisotopic (exact) mass is 414 g/mol. The number of aromatic nitrogens is 1. The second kappa shape index (κ2) is 7.89. The first-order valence-corrected chi connectivity index (χ1v) is 10.1. The number of hydrogen-bond donors (Lipinski definition) is 0. The van der Waals surface area contributed by atoms with Crippen LogP contribution in [0.4, 0.5) is 0 Å². The number of hydrogen-bond acceptors (Lipinski definition) is 6. The average Bonchev–Trinajstić information content (AvgIpc) is 3.12. The molecule has 6 nitrogen and oxygen atoms in total. The quantitative estimate of drug-likeness (QED) is 0.591. The van der Waals surface area contributed by atoms with E-state index in [1.807, 2.05) is 49.4 Å². The van der Waals surface area contributed by atoms with Gasteiger partial charge in [0.2, 0.25) is 5.78 Å². The van der Waals surface area contributed by atoms with Crippen LogP contribution in [0.25, 0.3) is 6.08 Å². The molecule has 0 atom stereocenters. The number of allylic oxidation sites excluding steroid dienone is 1. The van der Waals surface area contributed by atoms with Gasteiger partial charge in [-0.05, 0) is 60.0 Å². The van der Waals surface area contributed by atoms with Gasteiger partial charge in [0.25, 0.3) is 0 Å². The summed E-state index contributed by atoms with van der Waals surface area (Å²) in [5.41, 5.74) is 4.42. The molecule has 0 radical (unpaired) electrons. The van der Waals surface area contributed by atoms with Crippen molar-refractivity contribution in [3.63, 3.8) is 0 Å². The Morgan fingerprint density at radius 3 is 2.68 bits per heavy atom. The van der Waals surface area contributed by atoms with E-state index in [-0.39, 0.29) is 5.78 Å². The summed E-state index contributed by atoms with van der Waals surface area (Å²) in [5.74, 6) is 2.38. The van der Waals surface area contributed by atoms with Crippen molar-refractivity contribution in [2.24, 2.45) is 0 Å². The maximum atomic E-state index is 13.1. The zero-order chi connectivity index (χ0) is 21.4. The van der Waals surface area contributed by atoms with Gasteiger partial charge in [0.1, 0.15) is 24.0 Å². The van der Waals surface area contributed by atoms with E-state index >= 15 is 0 Å². The minimum Gasteiger partial charge on any atom is -0.497 e. The van der Waals surface area contributed by atoms with Crippen molar-refractivity contribution in [1.82, 2.24) is 9.88 Å². The Kier molecular flexibility index (Phi) is 4.92. The van der Waals surface area contributed by atoms with E-state index in [2.05, 4.69) is 9.88 Å². The molecule has 156 valence electrons. The Bertz CT molecular complexity index is 1170. The van der Waals surface area contributed by atoms with Crippen LogP contribution in [0.2, 0.25) is 0 Å². The van der Waals surface area contributed by atoms with Crippen molar-refractivity contribution in [3.05, 3.63) is 88.4 Å². The lowest BCUT2D eigenvalue weighted by Gasteiger charge is -2.30. The van der Waals surface area contributed by atoms with E-state index in [0.717, 1.165) is 40.3 Å². The molecule has 3 heterocycles. The smallest absolute Gasteiger partial charge is 0.232 e. The highest BCUT2D eigenvalue weighted by Gasteiger charge is 2.35. The highest BCUT2D eigenvalue weighted by molar-refractivity contribution is 6.15. The highest BCUT2D eigenvalue weighted by Crippen LogP contribution is 2.44. The SMILES string of the molecule is COc1ccc(C=C2Oc3c4c(cc(C)c3C2=O)OCN(Cc2ccncc2)C4)cc1. The number of ether oxygens (including phenoxy) is 3. The largest absolute Gasteiger partial charge is 0.497 e. The summed E-state index contributed by atoms with van der Waals surface area (Å²) < 4.78 is 17.3. The molecule has 2 aliphatic heterocycles. The summed E-state index contributed by atoms with van der Waals surface area (Å²) in [6.45, 7) is 3.77. The van der Waals surface area contributed by atoms with Gasteiger partial charge in [-0.3, -0.25) is 14.7 Å². The van der Waals surface area contributed by atoms with E-state index < -0.39 is 0 Å². The molecule has 0 saturated carbocycles. The van der Waals surface area contributed by atoms with Crippen LogP contribution in [-0.2, 0) is 13.1 Å². The molecule has 31 heavy (non-hydrogen) atoms. The molecule has 0 amide bonds. The van der Waals surface area contributed by atoms with Crippen LogP contribution < -0.4 is 14.2 Å². The lowest BCUT2D eigenvalue weighted by atomic mass is 9.98. The summed E-state index contributed by atoms with van der Waals surface area (Å²) in [7, 11) is 1.62. The summed E-state index contributed by atoms with van der Waals surface area (Å²) >= 11 is 0. The number of carbonyl (C=O) groups excluding carboxylic acids is 1. The summed E-state index contributed by atoms with van der Waals surface area (Å²) in [6.07, 6.45) is 5.34. The van der Waals surface area contributed by atoms with Crippen molar-refractivity contribution >= 4 is 11.9 Å². The first-order chi connectivity index (χ1) is 15.1. The molecule has 2 aromatic carbocycles. The van der Waals surface area contributed by atoms with Gasteiger partial charge in [0, 0.05) is 25.5 Å². The number of nitrogens with zero attached hydrogens (tertiary/aromatic N) is 2. The third-order valence-electron chi connectivity index (χ3n) is 5.56. The predicted octanol–water partition coefficient (Wildman–Crippen LogP) is 4.37. The van der Waals surface area contributed by atoms with Crippen LogP contribution in [0.3, 0.4) is 0 Å². The molecule has 3 aromatic rings. The Hall–Kier alpha value is -3.64. The molecule has 0 spiro atoms. The zero-order valence-corrected chi connectivity index (χ0v) is 17.4. The summed E-state index contributed by atoms with van der Waals surface area (Å²) in [5, 5.41) is 0. The zero-order valence-electron chi connectivity index (χ0n) is 17.4. The fourth-order valence-corrected chi connectivity index (χ4v) is 3.98. The van der Waals surface area contributed by atoms with Gasteiger partial charge in [-0.1, -0.05) is 12.1 Å². The molecule has 0 aliphatic carbocycles. The van der Waals surface area contributed by atoms with Gasteiger partial charge >= 0.3 is 0 Å². The van der Waals surface area contributed by atoms with Crippen LogP contribution in [0.5, 0.6) is 17.2 Å². The topological polar surface area (TPSA) is 60.9 Å². The molecular weight excluding hydrogens is 392 g/mol. The molecule has 0 bridgehead atoms. The second-order valence-corrected chi connectivity index (χ2v) is 7.70. The van der Waals surface area contributed by atoms with Crippen LogP contribution in [0.1, 0.15) is 32.6 Å². The van der Waals surface area contributed by atoms with E-state index in [1.165, 1.54) is 0 Å². The fourth-order valence-electron chi connectivity index (χ4n) is 3.98. The number of rotatable bonds is 4. The molecule has 5 rings (SSSR count). The number of pyridine rings is 1. The van der Waals surface area contributed by atoms with Crippen molar-refractivity contribution in [2.75, 3.05) is 13.8 Å². The van der Waals surface area contributed by atoms with Crippen LogP contribution in [0, 0.1) is 6.92 Å². The van der Waals surface area contributed by atoms with E-state index in [1.54, 1.807) is 25.6 Å². The molecule has 0 fully saturated rings. The first-order valence-electron chi connectivity index (χ1n) is 10.1. The Morgan fingerprint density at radius 1 is 1.16 bits per heavy atom. The Labute approximate surface area is 180 Å². The van der Waals surface area contributed by atoms with E-state index in [4.69, 9.17) is 14.2 Å². The molecule has 6 heteroatoms. The third-order valence-corrected chi connectivity index (χ3v) is 5.56. The lowest BCUT2D eigenvalue weighted by Crippen LogP contribution is -2.31. The lowest BCUT2D eigenvalue weighted by molar-refractivity contribution is 0.0872. The fraction of sp³-hybridized carbons (Fsp3) is 0.200. The average molecular weight is 414 g/mol. The molecule has 0 saturated heterocycles. The number of ketones is 1. The highest BCUT2D eigenvalue weighted by atomic mass is 16.5. The Balaban J connectivity index is 1.45. The summed E-state index contributed by atoms with van der Waals surface area (Å²) in [4.78, 5) is 19.4. The van der Waals surface area contributed by atoms with Gasteiger partial charge in [-0.15, -0.1) is 0 Å². The van der Waals surface area contributed by atoms with Gasteiger partial charge in [-0.2, -0.15) is 0 Å². The van der Waals surface area contributed by atoms with Gasteiger partial charge in [0.15, 0.2) is 5.76 Å². The van der Waals surface area contributed by atoms with Crippen LogP contribution >= 0.6 is 0 Å². The van der Waals surface area contributed by atoms with Crippen molar-refractivity contribution in [2.45, 2.75) is 20.0 Å². The van der Waals surface area contributed by atoms with Crippen molar-refractivity contribution in [1.29, 1.82) is 0 Å². The van der Waals surface area contributed by atoms with Crippen LogP contribution in [-0.4, -0.2) is 29.5 Å². The van der Waals surface area contributed by atoms with Crippen molar-refractivity contribution < 1.29 is 19.0 Å². The number of aryl methyl sites for hydroxylation is 1. The third kappa shape index (κ3) is 3.66. The summed E-state index contributed by atoms with van der Waals surface area (Å²) in [6, 6.07) is 13.4. The number of fused-ring (bicyclic) bond motifs is 3. The maximum Gasteiger partial charge on any atom is 0.232 e. The maximum absolute atomic E-state index is 13.1. The molecule has 2 aliphatic rings. The van der Waals surface area contributed by atoms with E-state index in [9.17, 15) is 4.79 Å². The first kappa shape index (κ1) is 19.3. The van der Waals surface area contributed by atoms with Gasteiger partial charge in [-0.25, -0.2) is 0 Å². The number of Topliss-reactive ketones (excluding diaryl/α,β-unsaturated/α-hetero) is 1. The number of methoxy groups -OCH3 is 1. The molecular formula is C25H22N2O4. The molecule has 0 unspecified atom stereocenters. The molecule has 1 aromatic heterocycles. The number of benzene rings is 2. The predicted molar refractivity (Wildman–Crippen MR) is 116 cm³/mol. The van der Waals surface area contributed by atoms with Gasteiger partial charge in [0.05, 0.1) is 18.2 Å². The van der Waals surface area contributed by atoms with E-state index in [0.29, 0.717) is 30.3 Å². The standard InChI is InChI=1S/C25H22N2O4/c1-16-11-21-20(14-27(15-30-21)13-18-7-9-26-10-8-18)25-23(16)24(28)22(31-25)12-17-3-5-19(29-2)6-4-17/h3-12H,13-15H2,1-2H3. The van der Waals surface area contributed by atoms with Gasteiger partial charge < -0.3 is 14.2 Å². The Morgan fingerprint density at radius 2 is 1.94 bits per heavy atom.